The molecule has 0 atom stereocenters. The van der Waals surface area contributed by atoms with Crippen molar-refractivity contribution in [2.45, 2.75) is 5.16 Å². The van der Waals surface area contributed by atoms with Gasteiger partial charge in [0.25, 0.3) is 0 Å². The highest BCUT2D eigenvalue weighted by molar-refractivity contribution is 7.99. The standard InChI is InChI=1S/C25H23ClN4O4S/c1-32-19-12-17(13-20(14-19)33-2)27-23(31)15-35-25-29-28-24(21-6-4-5-7-22(21)34-3)30(25)18-10-8-16(26)9-11-18/h4-14H,15H2,1-3H3,(H,27,31). The third-order valence-corrected chi connectivity index (χ3v) is 6.21. The third-order valence-electron chi connectivity index (χ3n) is 5.03. The summed E-state index contributed by atoms with van der Waals surface area (Å²) in [7, 11) is 4.72. The first-order chi connectivity index (χ1) is 17.0. The van der Waals surface area contributed by atoms with Crippen molar-refractivity contribution in [1.29, 1.82) is 0 Å². The highest BCUT2D eigenvalue weighted by Crippen LogP contribution is 2.33. The number of hydrogen-bond donors (Lipinski definition) is 1. The van der Waals surface area contributed by atoms with E-state index in [1.54, 1.807) is 51.7 Å². The van der Waals surface area contributed by atoms with E-state index in [9.17, 15) is 4.79 Å². The van der Waals surface area contributed by atoms with Gasteiger partial charge in [0.05, 0.1) is 32.6 Å². The number of anilines is 1. The Balaban J connectivity index is 1.61. The molecule has 0 unspecified atom stereocenters. The van der Waals surface area contributed by atoms with Crippen LogP contribution < -0.4 is 19.5 Å². The molecule has 0 aliphatic heterocycles. The number of thioether (sulfide) groups is 1. The molecular weight excluding hydrogens is 488 g/mol. The van der Waals surface area contributed by atoms with Gasteiger partial charge in [-0.15, -0.1) is 10.2 Å². The van der Waals surface area contributed by atoms with Gasteiger partial charge in [-0.2, -0.15) is 0 Å². The molecule has 4 aromatic rings. The SMILES string of the molecule is COc1cc(NC(=O)CSc2nnc(-c3ccccc3OC)n2-c2ccc(Cl)cc2)cc(OC)c1. The van der Waals surface area contributed by atoms with Crippen molar-refractivity contribution in [3.8, 4) is 34.3 Å². The Kier molecular flexibility index (Phi) is 7.79. The number of ether oxygens (including phenoxy) is 3. The zero-order valence-corrected chi connectivity index (χ0v) is 20.9. The molecule has 0 bridgehead atoms. The normalized spacial score (nSPS) is 10.6. The van der Waals surface area contributed by atoms with Gasteiger partial charge in [0.1, 0.15) is 17.2 Å². The van der Waals surface area contributed by atoms with Gasteiger partial charge >= 0.3 is 0 Å². The number of nitrogens with one attached hydrogen (secondary N) is 1. The van der Waals surface area contributed by atoms with E-state index in [1.165, 1.54) is 11.8 Å². The predicted molar refractivity (Wildman–Crippen MR) is 137 cm³/mol. The zero-order valence-electron chi connectivity index (χ0n) is 19.3. The summed E-state index contributed by atoms with van der Waals surface area (Å²) in [5.41, 5.74) is 2.15. The first-order valence-corrected chi connectivity index (χ1v) is 11.9. The summed E-state index contributed by atoms with van der Waals surface area (Å²) in [5, 5.41) is 12.8. The van der Waals surface area contributed by atoms with E-state index in [0.717, 1.165) is 11.3 Å². The molecule has 0 saturated carbocycles. The molecule has 1 N–H and O–H groups in total. The molecule has 0 aliphatic rings. The lowest BCUT2D eigenvalue weighted by atomic mass is 10.2. The van der Waals surface area contributed by atoms with Crippen molar-refractivity contribution in [2.24, 2.45) is 0 Å². The number of hydrogen-bond acceptors (Lipinski definition) is 7. The summed E-state index contributed by atoms with van der Waals surface area (Å²) in [6.07, 6.45) is 0. The summed E-state index contributed by atoms with van der Waals surface area (Å²) in [4.78, 5) is 12.7. The number of methoxy groups -OCH3 is 3. The Morgan fingerprint density at radius 3 is 2.29 bits per heavy atom. The Morgan fingerprint density at radius 2 is 1.63 bits per heavy atom. The van der Waals surface area contributed by atoms with Crippen LogP contribution in [0, 0.1) is 0 Å². The van der Waals surface area contributed by atoms with Gasteiger partial charge in [-0.05, 0) is 36.4 Å². The van der Waals surface area contributed by atoms with Gasteiger partial charge in [0.15, 0.2) is 11.0 Å². The summed E-state index contributed by atoms with van der Waals surface area (Å²) < 4.78 is 17.9. The minimum Gasteiger partial charge on any atom is -0.497 e. The average molecular weight is 511 g/mol. The quantitative estimate of drug-likeness (QED) is 0.304. The first-order valence-electron chi connectivity index (χ1n) is 10.5. The van der Waals surface area contributed by atoms with Gasteiger partial charge in [-0.3, -0.25) is 9.36 Å². The number of halogens is 1. The van der Waals surface area contributed by atoms with Gasteiger partial charge in [0.2, 0.25) is 5.91 Å². The van der Waals surface area contributed by atoms with E-state index < -0.39 is 0 Å². The second-order valence-corrected chi connectivity index (χ2v) is 8.64. The van der Waals surface area contributed by atoms with Crippen molar-refractivity contribution >= 4 is 35.0 Å². The fourth-order valence-electron chi connectivity index (χ4n) is 3.40. The van der Waals surface area contributed by atoms with Gasteiger partial charge < -0.3 is 19.5 Å². The highest BCUT2D eigenvalue weighted by Gasteiger charge is 2.20. The second-order valence-electron chi connectivity index (χ2n) is 7.26. The van der Waals surface area contributed by atoms with Crippen LogP contribution in [0.25, 0.3) is 17.1 Å². The summed E-state index contributed by atoms with van der Waals surface area (Å²) >= 11 is 7.37. The van der Waals surface area contributed by atoms with E-state index >= 15 is 0 Å². The highest BCUT2D eigenvalue weighted by atomic mass is 35.5. The molecule has 10 heteroatoms. The monoisotopic (exact) mass is 510 g/mol. The Labute approximate surface area is 212 Å². The average Bonchev–Trinajstić information content (AvgIpc) is 3.31. The lowest BCUT2D eigenvalue weighted by Crippen LogP contribution is -2.14. The van der Waals surface area contributed by atoms with E-state index in [1.807, 2.05) is 41.0 Å². The number of nitrogens with zero attached hydrogens (tertiary/aromatic N) is 3. The van der Waals surface area contributed by atoms with Crippen LogP contribution >= 0.6 is 23.4 Å². The van der Waals surface area contributed by atoms with Crippen molar-refractivity contribution in [1.82, 2.24) is 14.8 Å². The van der Waals surface area contributed by atoms with Crippen LogP contribution in [0.2, 0.25) is 5.02 Å². The zero-order chi connectivity index (χ0) is 24.8. The molecule has 35 heavy (non-hydrogen) atoms. The van der Waals surface area contributed by atoms with E-state index in [0.29, 0.717) is 38.9 Å². The lowest BCUT2D eigenvalue weighted by Gasteiger charge is -2.13. The maximum absolute atomic E-state index is 12.7. The molecule has 1 aromatic heterocycles. The Morgan fingerprint density at radius 1 is 0.943 bits per heavy atom. The van der Waals surface area contributed by atoms with Gasteiger partial charge in [0, 0.05) is 34.6 Å². The van der Waals surface area contributed by atoms with Crippen LogP contribution in [0.3, 0.4) is 0 Å². The number of rotatable bonds is 9. The topological polar surface area (TPSA) is 87.5 Å². The second kappa shape index (κ2) is 11.2. The molecule has 0 radical (unpaired) electrons. The van der Waals surface area contributed by atoms with E-state index in [-0.39, 0.29) is 11.7 Å². The third kappa shape index (κ3) is 5.70. The van der Waals surface area contributed by atoms with Crippen LogP contribution in [-0.4, -0.2) is 47.8 Å². The molecule has 8 nitrogen and oxygen atoms in total. The molecular formula is C25H23ClN4O4S. The fourth-order valence-corrected chi connectivity index (χ4v) is 4.27. The van der Waals surface area contributed by atoms with E-state index in [2.05, 4.69) is 15.5 Å². The van der Waals surface area contributed by atoms with Crippen LogP contribution in [0.1, 0.15) is 0 Å². The molecule has 180 valence electrons. The largest absolute Gasteiger partial charge is 0.497 e. The number of amides is 1. The number of carbonyl (C=O) groups is 1. The van der Waals surface area contributed by atoms with Gasteiger partial charge in [-0.1, -0.05) is 35.5 Å². The van der Waals surface area contributed by atoms with Crippen LogP contribution in [-0.2, 0) is 4.79 Å². The number of carbonyl (C=O) groups excluding carboxylic acids is 1. The molecule has 0 fully saturated rings. The number of para-hydroxylation sites is 1. The summed E-state index contributed by atoms with van der Waals surface area (Å²) in [5.74, 6) is 2.31. The van der Waals surface area contributed by atoms with Crippen molar-refractivity contribution in [2.75, 3.05) is 32.4 Å². The van der Waals surface area contributed by atoms with Crippen molar-refractivity contribution < 1.29 is 19.0 Å². The smallest absolute Gasteiger partial charge is 0.234 e. The maximum atomic E-state index is 12.7. The van der Waals surface area contributed by atoms with Crippen LogP contribution in [0.5, 0.6) is 17.2 Å². The Hall–Kier alpha value is -3.69. The number of aromatic nitrogens is 3. The first kappa shape index (κ1) is 24.4. The Bertz CT molecular complexity index is 1310. The van der Waals surface area contributed by atoms with Crippen molar-refractivity contribution in [3.05, 3.63) is 71.8 Å². The molecule has 0 saturated heterocycles. The maximum Gasteiger partial charge on any atom is 0.234 e. The minimum absolute atomic E-state index is 0.108. The van der Waals surface area contributed by atoms with Crippen molar-refractivity contribution in [3.63, 3.8) is 0 Å². The number of benzene rings is 3. The molecule has 0 spiro atoms. The summed E-state index contributed by atoms with van der Waals surface area (Å²) in [6, 6.07) is 20.1. The molecule has 1 amide bonds. The minimum atomic E-state index is -0.213. The van der Waals surface area contributed by atoms with Crippen LogP contribution in [0.15, 0.2) is 71.9 Å². The molecule has 3 aromatic carbocycles. The predicted octanol–water partition coefficient (Wildman–Crippen LogP) is 5.34. The van der Waals surface area contributed by atoms with Crippen LogP contribution in [0.4, 0.5) is 5.69 Å². The lowest BCUT2D eigenvalue weighted by molar-refractivity contribution is -0.113. The fraction of sp³-hybridized carbons (Fsp3) is 0.160. The molecule has 4 rings (SSSR count). The summed E-state index contributed by atoms with van der Waals surface area (Å²) in [6.45, 7) is 0. The van der Waals surface area contributed by atoms with Gasteiger partial charge in [-0.25, -0.2) is 0 Å². The molecule has 1 heterocycles. The van der Waals surface area contributed by atoms with E-state index in [4.69, 9.17) is 25.8 Å². The molecule has 0 aliphatic carbocycles.